The van der Waals surface area contributed by atoms with E-state index in [9.17, 15) is 4.79 Å². The van der Waals surface area contributed by atoms with Crippen LogP contribution in [0.15, 0.2) is 5.16 Å². The number of aromatic nitrogens is 4. The van der Waals surface area contributed by atoms with Crippen molar-refractivity contribution in [3.8, 4) is 0 Å². The molecule has 2 aromatic rings. The van der Waals surface area contributed by atoms with Gasteiger partial charge in [-0.05, 0) is 20.8 Å². The Labute approximate surface area is 124 Å². The molecule has 0 aromatic carbocycles. The number of anilines is 1. The van der Waals surface area contributed by atoms with Gasteiger partial charge in [0.15, 0.2) is 5.16 Å². The Bertz CT molecular complexity index is 637. The SMILES string of the molecule is Cc1nc(C)c(C(C)n2c(N)nnc2SCC(=O)O)s1. The zero-order valence-corrected chi connectivity index (χ0v) is 13.0. The first kappa shape index (κ1) is 14.8. The lowest BCUT2D eigenvalue weighted by atomic mass is 10.2. The van der Waals surface area contributed by atoms with Crippen LogP contribution in [0.1, 0.15) is 28.5 Å². The van der Waals surface area contributed by atoms with Crippen molar-refractivity contribution in [2.45, 2.75) is 32.0 Å². The topological polar surface area (TPSA) is 107 Å². The number of nitrogens with two attached hydrogens (primary N) is 1. The van der Waals surface area contributed by atoms with E-state index in [0.717, 1.165) is 27.3 Å². The van der Waals surface area contributed by atoms with E-state index in [2.05, 4.69) is 15.2 Å². The second kappa shape index (κ2) is 5.80. The lowest BCUT2D eigenvalue weighted by molar-refractivity contribution is -0.133. The molecule has 2 aromatic heterocycles. The highest BCUT2D eigenvalue weighted by molar-refractivity contribution is 7.99. The van der Waals surface area contributed by atoms with E-state index in [4.69, 9.17) is 10.8 Å². The Morgan fingerprint density at radius 3 is 2.75 bits per heavy atom. The minimum atomic E-state index is -0.902. The van der Waals surface area contributed by atoms with Crippen molar-refractivity contribution in [2.75, 3.05) is 11.5 Å². The van der Waals surface area contributed by atoms with Crippen LogP contribution in [-0.4, -0.2) is 36.6 Å². The summed E-state index contributed by atoms with van der Waals surface area (Å²) in [5, 5.41) is 18.0. The molecule has 1 unspecified atom stereocenters. The zero-order valence-electron chi connectivity index (χ0n) is 11.3. The minimum Gasteiger partial charge on any atom is -0.481 e. The molecule has 0 saturated heterocycles. The summed E-state index contributed by atoms with van der Waals surface area (Å²) in [6, 6.07) is -0.0764. The molecule has 3 N–H and O–H groups in total. The standard InChI is InChI=1S/C11H15N5O2S2/c1-5-9(20-7(3)13-5)6(2)16-10(12)14-15-11(16)19-4-8(17)18/h6H,4H2,1-3H3,(H2,12,14)(H,17,18). The Morgan fingerprint density at radius 2 is 2.20 bits per heavy atom. The highest BCUT2D eigenvalue weighted by Crippen LogP contribution is 2.32. The minimum absolute atomic E-state index is 0.0764. The molecule has 0 amide bonds. The maximum Gasteiger partial charge on any atom is 0.313 e. The van der Waals surface area contributed by atoms with Crippen molar-refractivity contribution in [3.05, 3.63) is 15.6 Å². The quantitative estimate of drug-likeness (QED) is 0.809. The van der Waals surface area contributed by atoms with Gasteiger partial charge in [0.05, 0.1) is 27.4 Å². The second-order valence-corrected chi connectivity index (χ2v) is 6.43. The van der Waals surface area contributed by atoms with Crippen LogP contribution in [0.2, 0.25) is 0 Å². The van der Waals surface area contributed by atoms with E-state index in [1.807, 2.05) is 20.8 Å². The summed E-state index contributed by atoms with van der Waals surface area (Å²) >= 11 is 2.70. The molecule has 1 atom stereocenters. The van der Waals surface area contributed by atoms with Crippen LogP contribution in [0.5, 0.6) is 0 Å². The average Bonchev–Trinajstić information content (AvgIpc) is 2.89. The summed E-state index contributed by atoms with van der Waals surface area (Å²) in [5.74, 6) is -0.706. The molecule has 0 bridgehead atoms. The van der Waals surface area contributed by atoms with Gasteiger partial charge in [0.2, 0.25) is 5.95 Å². The van der Waals surface area contributed by atoms with Gasteiger partial charge in [0.1, 0.15) is 0 Å². The number of thioether (sulfide) groups is 1. The van der Waals surface area contributed by atoms with E-state index in [-0.39, 0.29) is 17.7 Å². The summed E-state index contributed by atoms with van der Waals surface area (Å²) in [7, 11) is 0. The Kier molecular flexibility index (Phi) is 4.29. The summed E-state index contributed by atoms with van der Waals surface area (Å²) < 4.78 is 1.74. The van der Waals surface area contributed by atoms with Gasteiger partial charge in [-0.15, -0.1) is 21.5 Å². The summed E-state index contributed by atoms with van der Waals surface area (Å²) in [6.07, 6.45) is 0. The molecule has 108 valence electrons. The maximum atomic E-state index is 10.7. The number of hydrogen-bond donors (Lipinski definition) is 2. The van der Waals surface area contributed by atoms with E-state index in [0.29, 0.717) is 5.16 Å². The fourth-order valence-corrected chi connectivity index (χ4v) is 3.64. The van der Waals surface area contributed by atoms with Gasteiger partial charge in [0.25, 0.3) is 0 Å². The predicted molar refractivity (Wildman–Crippen MR) is 78.2 cm³/mol. The third-order valence-corrected chi connectivity index (χ3v) is 4.89. The van der Waals surface area contributed by atoms with Gasteiger partial charge >= 0.3 is 5.97 Å². The third-order valence-electron chi connectivity index (χ3n) is 2.72. The van der Waals surface area contributed by atoms with E-state index in [1.54, 1.807) is 15.9 Å². The molecule has 2 rings (SSSR count). The van der Waals surface area contributed by atoms with Crippen molar-refractivity contribution in [1.29, 1.82) is 0 Å². The van der Waals surface area contributed by atoms with Crippen LogP contribution in [0.25, 0.3) is 0 Å². The number of aryl methyl sites for hydroxylation is 2. The predicted octanol–water partition coefficient (Wildman–Crippen LogP) is 1.72. The van der Waals surface area contributed by atoms with Crippen LogP contribution < -0.4 is 5.73 Å². The third kappa shape index (κ3) is 2.93. The number of rotatable bonds is 5. The maximum absolute atomic E-state index is 10.7. The van der Waals surface area contributed by atoms with E-state index < -0.39 is 5.97 Å². The zero-order chi connectivity index (χ0) is 14.9. The largest absolute Gasteiger partial charge is 0.481 e. The molecule has 0 aliphatic carbocycles. The molecule has 9 heteroatoms. The normalized spacial score (nSPS) is 12.6. The first-order valence-corrected chi connectivity index (χ1v) is 7.69. The molecule has 20 heavy (non-hydrogen) atoms. The smallest absolute Gasteiger partial charge is 0.313 e. The van der Waals surface area contributed by atoms with Crippen LogP contribution in [0.3, 0.4) is 0 Å². The number of hydrogen-bond acceptors (Lipinski definition) is 7. The first-order valence-electron chi connectivity index (χ1n) is 5.89. The van der Waals surface area contributed by atoms with Gasteiger partial charge in [-0.2, -0.15) is 0 Å². The molecule has 0 spiro atoms. The fourth-order valence-electron chi connectivity index (χ4n) is 1.93. The monoisotopic (exact) mass is 313 g/mol. The molecular weight excluding hydrogens is 298 g/mol. The lowest BCUT2D eigenvalue weighted by Crippen LogP contribution is -2.12. The highest BCUT2D eigenvalue weighted by atomic mass is 32.2. The van der Waals surface area contributed by atoms with Crippen molar-refractivity contribution in [1.82, 2.24) is 19.7 Å². The molecule has 0 aliphatic heterocycles. The molecule has 0 saturated carbocycles. The Morgan fingerprint density at radius 1 is 1.50 bits per heavy atom. The number of aliphatic carboxylic acids is 1. The number of carboxylic acid groups (broad SMARTS) is 1. The molecule has 0 aliphatic rings. The number of nitrogens with zero attached hydrogens (tertiary/aromatic N) is 4. The van der Waals surface area contributed by atoms with Gasteiger partial charge in [0, 0.05) is 0 Å². The van der Waals surface area contributed by atoms with Crippen molar-refractivity contribution in [3.63, 3.8) is 0 Å². The van der Waals surface area contributed by atoms with E-state index >= 15 is 0 Å². The van der Waals surface area contributed by atoms with Crippen molar-refractivity contribution >= 4 is 35.0 Å². The van der Waals surface area contributed by atoms with Crippen molar-refractivity contribution in [2.24, 2.45) is 0 Å². The summed E-state index contributed by atoms with van der Waals surface area (Å²) in [4.78, 5) is 16.1. The van der Waals surface area contributed by atoms with Crippen molar-refractivity contribution < 1.29 is 9.90 Å². The van der Waals surface area contributed by atoms with Crippen LogP contribution in [0, 0.1) is 13.8 Å². The van der Waals surface area contributed by atoms with Crippen LogP contribution in [0.4, 0.5) is 5.95 Å². The van der Waals surface area contributed by atoms with Gasteiger partial charge in [-0.25, -0.2) is 4.98 Å². The number of nitrogen functional groups attached to an aromatic ring is 1. The summed E-state index contributed by atoms with van der Waals surface area (Å²) in [6.45, 7) is 5.87. The van der Waals surface area contributed by atoms with Gasteiger partial charge in [-0.3, -0.25) is 9.36 Å². The molecule has 7 nitrogen and oxygen atoms in total. The van der Waals surface area contributed by atoms with Gasteiger partial charge < -0.3 is 10.8 Å². The second-order valence-electron chi connectivity index (χ2n) is 4.25. The van der Waals surface area contributed by atoms with E-state index in [1.165, 1.54) is 0 Å². The molecular formula is C11H15N5O2S2. The molecule has 2 heterocycles. The number of carbonyl (C=O) groups is 1. The van der Waals surface area contributed by atoms with Crippen LogP contribution in [-0.2, 0) is 4.79 Å². The average molecular weight is 313 g/mol. The Hall–Kier alpha value is -1.61. The molecule has 0 fully saturated rings. The number of thiazole rings is 1. The molecule has 0 radical (unpaired) electrons. The Balaban J connectivity index is 2.34. The lowest BCUT2D eigenvalue weighted by Gasteiger charge is -2.15. The van der Waals surface area contributed by atoms with Crippen LogP contribution >= 0.6 is 23.1 Å². The summed E-state index contributed by atoms with van der Waals surface area (Å²) in [5.41, 5.74) is 6.80. The highest BCUT2D eigenvalue weighted by Gasteiger charge is 2.21. The fraction of sp³-hybridized carbons (Fsp3) is 0.455. The first-order chi connectivity index (χ1) is 9.40. The van der Waals surface area contributed by atoms with Gasteiger partial charge in [-0.1, -0.05) is 11.8 Å². The number of carboxylic acids is 1.